The number of rotatable bonds is 5. The van der Waals surface area contributed by atoms with Crippen molar-refractivity contribution in [3.8, 4) is 0 Å². The number of ether oxygens (including phenoxy) is 1. The molecule has 0 spiro atoms. The molecule has 0 fully saturated rings. The summed E-state index contributed by atoms with van der Waals surface area (Å²) in [4.78, 5) is 15.9. The van der Waals surface area contributed by atoms with Crippen LogP contribution in [-0.2, 0) is 4.74 Å². The fourth-order valence-electron chi connectivity index (χ4n) is 1.20. The Bertz CT molecular complexity index is 358. The first-order valence-electron chi connectivity index (χ1n) is 4.98. The molecule has 4 nitrogen and oxygen atoms in total. The maximum absolute atomic E-state index is 11.7. The number of carbonyl (C=O) groups is 1. The SMILES string of the molecule is COCC(Br)CNC(=O)c1cccc(C)n1. The topological polar surface area (TPSA) is 51.2 Å². The Kier molecular flexibility index (Phi) is 5.42. The number of aryl methyl sites for hydroxylation is 1. The number of amides is 1. The average Bonchev–Trinajstić information content (AvgIpc) is 2.26. The van der Waals surface area contributed by atoms with Crippen LogP contribution >= 0.6 is 15.9 Å². The summed E-state index contributed by atoms with van der Waals surface area (Å²) >= 11 is 3.39. The number of carbonyl (C=O) groups excluding carboxylic acids is 1. The molecule has 0 aliphatic heterocycles. The van der Waals surface area contributed by atoms with E-state index in [9.17, 15) is 4.79 Å². The molecule has 0 aliphatic carbocycles. The summed E-state index contributed by atoms with van der Waals surface area (Å²) in [6.45, 7) is 2.93. The molecule has 1 unspecified atom stereocenters. The summed E-state index contributed by atoms with van der Waals surface area (Å²) in [6.07, 6.45) is 0. The highest BCUT2D eigenvalue weighted by Gasteiger charge is 2.09. The number of hydrogen-bond donors (Lipinski definition) is 1. The van der Waals surface area contributed by atoms with Crippen LogP contribution < -0.4 is 5.32 Å². The van der Waals surface area contributed by atoms with E-state index in [0.29, 0.717) is 18.8 Å². The summed E-state index contributed by atoms with van der Waals surface area (Å²) in [7, 11) is 1.62. The van der Waals surface area contributed by atoms with Crippen LogP contribution in [0.2, 0.25) is 0 Å². The highest BCUT2D eigenvalue weighted by Crippen LogP contribution is 2.00. The van der Waals surface area contributed by atoms with Crippen molar-refractivity contribution in [2.75, 3.05) is 20.3 Å². The lowest BCUT2D eigenvalue weighted by atomic mass is 10.3. The molecular formula is C11H15BrN2O2. The van der Waals surface area contributed by atoms with Crippen molar-refractivity contribution in [1.29, 1.82) is 0 Å². The van der Waals surface area contributed by atoms with E-state index in [1.54, 1.807) is 13.2 Å². The molecule has 1 amide bonds. The van der Waals surface area contributed by atoms with E-state index in [2.05, 4.69) is 26.2 Å². The number of halogens is 1. The first kappa shape index (κ1) is 13.1. The first-order valence-corrected chi connectivity index (χ1v) is 5.90. The zero-order valence-electron chi connectivity index (χ0n) is 9.37. The Morgan fingerprint density at radius 2 is 2.38 bits per heavy atom. The number of alkyl halides is 1. The van der Waals surface area contributed by atoms with Crippen LogP contribution in [0.5, 0.6) is 0 Å². The summed E-state index contributed by atoms with van der Waals surface area (Å²) in [5, 5.41) is 2.78. The third kappa shape index (κ3) is 4.28. The van der Waals surface area contributed by atoms with Gasteiger partial charge in [0.25, 0.3) is 5.91 Å². The molecule has 5 heteroatoms. The van der Waals surface area contributed by atoms with Crippen molar-refractivity contribution in [3.63, 3.8) is 0 Å². The van der Waals surface area contributed by atoms with Crippen LogP contribution in [0.15, 0.2) is 18.2 Å². The maximum atomic E-state index is 11.7. The Labute approximate surface area is 104 Å². The molecule has 1 atom stereocenters. The second-order valence-electron chi connectivity index (χ2n) is 3.43. The molecule has 0 bridgehead atoms. The minimum atomic E-state index is -0.163. The summed E-state index contributed by atoms with van der Waals surface area (Å²) in [5.74, 6) is -0.163. The zero-order valence-corrected chi connectivity index (χ0v) is 11.0. The van der Waals surface area contributed by atoms with E-state index in [0.717, 1.165) is 5.69 Å². The fourth-order valence-corrected chi connectivity index (χ4v) is 1.63. The van der Waals surface area contributed by atoms with Gasteiger partial charge in [-0.2, -0.15) is 0 Å². The van der Waals surface area contributed by atoms with Crippen molar-refractivity contribution >= 4 is 21.8 Å². The van der Waals surface area contributed by atoms with E-state index in [-0.39, 0.29) is 10.7 Å². The lowest BCUT2D eigenvalue weighted by molar-refractivity contribution is 0.0945. The standard InChI is InChI=1S/C11H15BrN2O2/c1-8-4-3-5-10(14-8)11(15)13-6-9(12)7-16-2/h3-5,9H,6-7H2,1-2H3,(H,13,15). The minimum Gasteiger partial charge on any atom is -0.383 e. The molecule has 1 heterocycles. The van der Waals surface area contributed by atoms with Crippen molar-refractivity contribution in [3.05, 3.63) is 29.6 Å². The lowest BCUT2D eigenvalue weighted by Gasteiger charge is -2.09. The smallest absolute Gasteiger partial charge is 0.269 e. The predicted octanol–water partition coefficient (Wildman–Crippen LogP) is 1.53. The number of pyridine rings is 1. The van der Waals surface area contributed by atoms with Gasteiger partial charge in [0.15, 0.2) is 0 Å². The molecule has 0 aromatic carbocycles. The molecule has 1 aromatic rings. The van der Waals surface area contributed by atoms with Gasteiger partial charge >= 0.3 is 0 Å². The van der Waals surface area contributed by atoms with E-state index in [4.69, 9.17) is 4.74 Å². The Morgan fingerprint density at radius 1 is 1.62 bits per heavy atom. The van der Waals surface area contributed by atoms with Gasteiger partial charge in [0.05, 0.1) is 11.4 Å². The fraction of sp³-hybridized carbons (Fsp3) is 0.455. The van der Waals surface area contributed by atoms with Crippen LogP contribution in [0.3, 0.4) is 0 Å². The Balaban J connectivity index is 2.47. The van der Waals surface area contributed by atoms with E-state index < -0.39 is 0 Å². The van der Waals surface area contributed by atoms with Gasteiger partial charge in [0.2, 0.25) is 0 Å². The summed E-state index contributed by atoms with van der Waals surface area (Å²) < 4.78 is 4.95. The van der Waals surface area contributed by atoms with Crippen LogP contribution in [0.4, 0.5) is 0 Å². The zero-order chi connectivity index (χ0) is 12.0. The number of aromatic nitrogens is 1. The van der Waals surface area contributed by atoms with Crippen LogP contribution in [0, 0.1) is 6.92 Å². The van der Waals surface area contributed by atoms with Crippen LogP contribution in [0.25, 0.3) is 0 Å². The number of nitrogens with one attached hydrogen (secondary N) is 1. The van der Waals surface area contributed by atoms with Crippen LogP contribution in [0.1, 0.15) is 16.2 Å². The van der Waals surface area contributed by atoms with Crippen molar-refractivity contribution in [2.45, 2.75) is 11.8 Å². The Morgan fingerprint density at radius 3 is 3.00 bits per heavy atom. The third-order valence-electron chi connectivity index (χ3n) is 1.95. The third-order valence-corrected chi connectivity index (χ3v) is 2.54. The average molecular weight is 287 g/mol. The molecule has 88 valence electrons. The van der Waals surface area contributed by atoms with Gasteiger partial charge in [-0.25, -0.2) is 4.98 Å². The molecule has 16 heavy (non-hydrogen) atoms. The van der Waals surface area contributed by atoms with E-state index in [1.807, 2.05) is 19.1 Å². The molecule has 0 saturated carbocycles. The van der Waals surface area contributed by atoms with Gasteiger partial charge in [-0.1, -0.05) is 22.0 Å². The molecule has 0 aliphatic rings. The van der Waals surface area contributed by atoms with Gasteiger partial charge in [-0.15, -0.1) is 0 Å². The number of hydrogen-bond acceptors (Lipinski definition) is 3. The molecule has 0 saturated heterocycles. The van der Waals surface area contributed by atoms with Gasteiger partial charge < -0.3 is 10.1 Å². The lowest BCUT2D eigenvalue weighted by Crippen LogP contribution is -2.32. The van der Waals surface area contributed by atoms with Gasteiger partial charge in [0, 0.05) is 19.3 Å². The highest BCUT2D eigenvalue weighted by molar-refractivity contribution is 9.09. The quantitative estimate of drug-likeness (QED) is 0.836. The Hall–Kier alpha value is -0.940. The van der Waals surface area contributed by atoms with Crippen molar-refractivity contribution < 1.29 is 9.53 Å². The molecular weight excluding hydrogens is 272 g/mol. The molecule has 1 aromatic heterocycles. The second-order valence-corrected chi connectivity index (χ2v) is 4.72. The van der Waals surface area contributed by atoms with Crippen LogP contribution in [-0.4, -0.2) is 36.0 Å². The first-order chi connectivity index (χ1) is 7.63. The minimum absolute atomic E-state index is 0.117. The largest absolute Gasteiger partial charge is 0.383 e. The van der Waals surface area contributed by atoms with E-state index in [1.165, 1.54) is 0 Å². The molecule has 1 N–H and O–H groups in total. The highest BCUT2D eigenvalue weighted by atomic mass is 79.9. The normalized spacial score (nSPS) is 12.2. The monoisotopic (exact) mass is 286 g/mol. The number of methoxy groups -OCH3 is 1. The predicted molar refractivity (Wildman–Crippen MR) is 65.9 cm³/mol. The molecule has 1 rings (SSSR count). The van der Waals surface area contributed by atoms with E-state index >= 15 is 0 Å². The van der Waals surface area contributed by atoms with Gasteiger partial charge in [-0.05, 0) is 19.1 Å². The van der Waals surface area contributed by atoms with Crippen molar-refractivity contribution in [2.24, 2.45) is 0 Å². The van der Waals surface area contributed by atoms with Gasteiger partial charge in [-0.3, -0.25) is 4.79 Å². The summed E-state index contributed by atoms with van der Waals surface area (Å²) in [5.41, 5.74) is 1.28. The van der Waals surface area contributed by atoms with Gasteiger partial charge in [0.1, 0.15) is 5.69 Å². The second kappa shape index (κ2) is 6.60. The maximum Gasteiger partial charge on any atom is 0.269 e. The van der Waals surface area contributed by atoms with Crippen molar-refractivity contribution in [1.82, 2.24) is 10.3 Å². The molecule has 0 radical (unpaired) electrons. The summed E-state index contributed by atoms with van der Waals surface area (Å²) in [6, 6.07) is 5.37. The number of nitrogens with zero attached hydrogens (tertiary/aromatic N) is 1.